The van der Waals surface area contributed by atoms with E-state index in [4.69, 9.17) is 4.74 Å². The van der Waals surface area contributed by atoms with E-state index in [2.05, 4.69) is 17.1 Å². The summed E-state index contributed by atoms with van der Waals surface area (Å²) in [5.41, 5.74) is 2.33. The summed E-state index contributed by atoms with van der Waals surface area (Å²) in [6.45, 7) is 6.98. The molecule has 2 fully saturated rings. The first-order valence-corrected chi connectivity index (χ1v) is 12.7. The van der Waals surface area contributed by atoms with Crippen molar-refractivity contribution < 1.29 is 17.9 Å². The van der Waals surface area contributed by atoms with E-state index in [1.165, 1.54) is 34.8 Å². The molecule has 2 heterocycles. The van der Waals surface area contributed by atoms with Crippen LogP contribution in [-0.2, 0) is 21.3 Å². The Hall–Kier alpha value is -2.26. The van der Waals surface area contributed by atoms with E-state index in [1.54, 1.807) is 12.1 Å². The van der Waals surface area contributed by atoms with E-state index in [0.29, 0.717) is 37.6 Å². The molecule has 0 aromatic heterocycles. The molecule has 0 saturated carbocycles. The molecule has 1 atom stereocenters. The maximum atomic E-state index is 12.7. The third-order valence-electron chi connectivity index (χ3n) is 6.08. The summed E-state index contributed by atoms with van der Waals surface area (Å²) in [5, 5.41) is 2.85. The number of anilines is 1. The molecule has 4 rings (SSSR count). The van der Waals surface area contributed by atoms with Crippen LogP contribution >= 0.6 is 0 Å². The van der Waals surface area contributed by atoms with E-state index in [1.807, 2.05) is 24.3 Å². The van der Waals surface area contributed by atoms with Crippen molar-refractivity contribution in [2.75, 3.05) is 44.7 Å². The second-order valence-corrected chi connectivity index (χ2v) is 10.6. The van der Waals surface area contributed by atoms with Crippen LogP contribution in [0.4, 0.5) is 5.69 Å². The van der Waals surface area contributed by atoms with Crippen LogP contribution in [0.2, 0.25) is 0 Å². The first-order valence-electron chi connectivity index (χ1n) is 11.2. The molecule has 2 aromatic rings. The quantitative estimate of drug-likeness (QED) is 0.721. The number of amides is 1. The number of nitrogens with zero attached hydrogens (tertiary/aromatic N) is 2. The Morgan fingerprint density at radius 2 is 1.72 bits per heavy atom. The van der Waals surface area contributed by atoms with Crippen molar-refractivity contribution in [3.8, 4) is 0 Å². The predicted octanol–water partition coefficient (Wildman–Crippen LogP) is 3.19. The summed E-state index contributed by atoms with van der Waals surface area (Å²) in [6.07, 6.45) is 2.55. The molecule has 0 aliphatic carbocycles. The number of benzene rings is 2. The lowest BCUT2D eigenvalue weighted by Crippen LogP contribution is -2.40. The Kier molecular flexibility index (Phi) is 7.25. The highest BCUT2D eigenvalue weighted by atomic mass is 32.2. The van der Waals surface area contributed by atoms with Gasteiger partial charge in [0.15, 0.2) is 0 Å². The van der Waals surface area contributed by atoms with Gasteiger partial charge in [-0.1, -0.05) is 19.1 Å². The summed E-state index contributed by atoms with van der Waals surface area (Å²) in [7, 11) is -3.54. The average molecular weight is 458 g/mol. The van der Waals surface area contributed by atoms with Crippen LogP contribution in [-0.4, -0.2) is 62.9 Å². The molecular formula is C24H31N3O4S. The second kappa shape index (κ2) is 10.1. The van der Waals surface area contributed by atoms with Crippen LogP contribution in [0.25, 0.3) is 0 Å². The van der Waals surface area contributed by atoms with Gasteiger partial charge in [-0.15, -0.1) is 0 Å². The van der Waals surface area contributed by atoms with Crippen molar-refractivity contribution >= 4 is 21.6 Å². The third kappa shape index (κ3) is 5.56. The first-order chi connectivity index (χ1) is 15.4. The summed E-state index contributed by atoms with van der Waals surface area (Å²) >= 11 is 0. The molecule has 2 aromatic carbocycles. The number of morpholine rings is 1. The number of carbonyl (C=O) groups is 1. The fourth-order valence-corrected chi connectivity index (χ4v) is 5.71. The number of likely N-dealkylation sites (tertiary alicyclic amines) is 1. The van der Waals surface area contributed by atoms with Crippen molar-refractivity contribution in [3.63, 3.8) is 0 Å². The van der Waals surface area contributed by atoms with Gasteiger partial charge in [-0.3, -0.25) is 9.69 Å². The lowest BCUT2D eigenvalue weighted by molar-refractivity contribution is 0.0730. The zero-order valence-electron chi connectivity index (χ0n) is 18.5. The van der Waals surface area contributed by atoms with Crippen LogP contribution in [0.1, 0.15) is 35.7 Å². The Balaban J connectivity index is 1.35. The number of hydrogen-bond acceptors (Lipinski definition) is 5. The number of carbonyl (C=O) groups excluding carboxylic acids is 1. The highest BCUT2D eigenvalue weighted by molar-refractivity contribution is 7.89. The van der Waals surface area contributed by atoms with Gasteiger partial charge in [0.1, 0.15) is 0 Å². The molecule has 0 radical (unpaired) electrons. The van der Waals surface area contributed by atoms with Crippen LogP contribution in [0.15, 0.2) is 53.4 Å². The molecule has 0 bridgehead atoms. The number of piperidine rings is 1. The number of nitrogens with one attached hydrogen (secondary N) is 1. The monoisotopic (exact) mass is 457 g/mol. The number of ether oxygens (including phenoxy) is 1. The summed E-state index contributed by atoms with van der Waals surface area (Å²) in [5.74, 6) is 0.524. The van der Waals surface area contributed by atoms with Crippen LogP contribution in [0, 0.1) is 5.92 Å². The molecule has 1 amide bonds. The fraction of sp³-hybridized carbons (Fsp3) is 0.458. The normalized spacial score (nSPS) is 20.7. The Labute approximate surface area is 190 Å². The van der Waals surface area contributed by atoms with E-state index in [9.17, 15) is 13.2 Å². The van der Waals surface area contributed by atoms with Crippen molar-refractivity contribution in [2.45, 2.75) is 31.2 Å². The van der Waals surface area contributed by atoms with Gasteiger partial charge in [0.25, 0.3) is 5.91 Å². The van der Waals surface area contributed by atoms with Gasteiger partial charge in [-0.2, -0.15) is 4.31 Å². The van der Waals surface area contributed by atoms with Crippen LogP contribution < -0.4 is 5.32 Å². The highest BCUT2D eigenvalue weighted by Gasteiger charge is 2.26. The van der Waals surface area contributed by atoms with Gasteiger partial charge < -0.3 is 10.1 Å². The van der Waals surface area contributed by atoms with Crippen molar-refractivity contribution in [3.05, 3.63) is 59.7 Å². The first kappa shape index (κ1) is 22.9. The number of rotatable bonds is 6. The van der Waals surface area contributed by atoms with E-state index < -0.39 is 10.0 Å². The summed E-state index contributed by atoms with van der Waals surface area (Å²) in [6, 6.07) is 14.0. The maximum Gasteiger partial charge on any atom is 0.255 e. The fourth-order valence-electron chi connectivity index (χ4n) is 4.30. The molecule has 2 aliphatic rings. The van der Waals surface area contributed by atoms with Crippen molar-refractivity contribution in [1.82, 2.24) is 9.21 Å². The number of hydrogen-bond donors (Lipinski definition) is 1. The summed E-state index contributed by atoms with van der Waals surface area (Å²) < 4.78 is 32.1. The molecular weight excluding hydrogens is 426 g/mol. The zero-order chi connectivity index (χ0) is 22.6. The van der Waals surface area contributed by atoms with Gasteiger partial charge in [0, 0.05) is 37.4 Å². The van der Waals surface area contributed by atoms with Gasteiger partial charge in [-0.05, 0) is 67.3 Å². The second-order valence-electron chi connectivity index (χ2n) is 8.67. The molecule has 0 spiro atoms. The molecule has 32 heavy (non-hydrogen) atoms. The predicted molar refractivity (Wildman–Crippen MR) is 124 cm³/mol. The van der Waals surface area contributed by atoms with Crippen LogP contribution in [0.3, 0.4) is 0 Å². The molecule has 8 heteroatoms. The zero-order valence-corrected chi connectivity index (χ0v) is 19.3. The van der Waals surface area contributed by atoms with E-state index >= 15 is 0 Å². The molecule has 172 valence electrons. The van der Waals surface area contributed by atoms with Gasteiger partial charge in [0.2, 0.25) is 10.0 Å². The standard InChI is InChI=1S/C24H31N3O4S/c1-19-3-2-12-26(17-19)18-20-4-6-21(7-5-20)24(28)25-22-8-10-23(11-9-22)32(29,30)27-13-15-31-16-14-27/h4-11,19H,2-3,12-18H2,1H3,(H,25,28). The Morgan fingerprint density at radius 1 is 1.03 bits per heavy atom. The Bertz CT molecular complexity index is 1020. The summed E-state index contributed by atoms with van der Waals surface area (Å²) in [4.78, 5) is 15.3. The van der Waals surface area contributed by atoms with E-state index in [-0.39, 0.29) is 10.8 Å². The molecule has 1 unspecified atom stereocenters. The molecule has 1 N–H and O–H groups in total. The molecule has 2 saturated heterocycles. The Morgan fingerprint density at radius 3 is 2.38 bits per heavy atom. The van der Waals surface area contributed by atoms with Gasteiger partial charge in [0.05, 0.1) is 18.1 Å². The molecule has 2 aliphatic heterocycles. The third-order valence-corrected chi connectivity index (χ3v) is 8.00. The lowest BCUT2D eigenvalue weighted by Gasteiger charge is -2.30. The largest absolute Gasteiger partial charge is 0.379 e. The molecule has 7 nitrogen and oxygen atoms in total. The van der Waals surface area contributed by atoms with Gasteiger partial charge >= 0.3 is 0 Å². The number of sulfonamides is 1. The lowest BCUT2D eigenvalue weighted by atomic mass is 9.99. The minimum absolute atomic E-state index is 0.216. The maximum absolute atomic E-state index is 12.7. The minimum atomic E-state index is -3.54. The van der Waals surface area contributed by atoms with Crippen molar-refractivity contribution in [2.24, 2.45) is 5.92 Å². The SMILES string of the molecule is CC1CCCN(Cc2ccc(C(=O)Nc3ccc(S(=O)(=O)N4CCOCC4)cc3)cc2)C1. The topological polar surface area (TPSA) is 79.0 Å². The van der Waals surface area contributed by atoms with Crippen LogP contribution in [0.5, 0.6) is 0 Å². The highest BCUT2D eigenvalue weighted by Crippen LogP contribution is 2.21. The van der Waals surface area contributed by atoms with E-state index in [0.717, 1.165) is 25.6 Å². The smallest absolute Gasteiger partial charge is 0.255 e. The average Bonchev–Trinajstić information content (AvgIpc) is 2.80. The van der Waals surface area contributed by atoms with Crippen molar-refractivity contribution in [1.29, 1.82) is 0 Å². The van der Waals surface area contributed by atoms with Gasteiger partial charge in [-0.25, -0.2) is 8.42 Å². The minimum Gasteiger partial charge on any atom is -0.379 e.